The minimum Gasteiger partial charge on any atom is -0.343 e. The Hall–Kier alpha value is -1.06. The van der Waals surface area contributed by atoms with Gasteiger partial charge in [0.25, 0.3) is 0 Å². The molecule has 1 aliphatic heterocycles. The highest BCUT2D eigenvalue weighted by molar-refractivity contribution is 5.96. The average Bonchev–Trinajstić information content (AvgIpc) is 3.25. The van der Waals surface area contributed by atoms with E-state index in [1.54, 1.807) is 6.92 Å². The molecule has 0 aromatic carbocycles. The van der Waals surface area contributed by atoms with Gasteiger partial charge in [0.1, 0.15) is 12.1 Å². The molecule has 0 aromatic rings. The Morgan fingerprint density at radius 1 is 1.21 bits per heavy atom. The van der Waals surface area contributed by atoms with Gasteiger partial charge in [-0.3, -0.25) is 9.59 Å². The number of hydrogen-bond acceptors (Lipinski definition) is 2. The number of carbonyl (C=O) groups excluding carboxylic acids is 2. The molecular formula is C15H24N2O2. The molecule has 2 atom stereocenters. The van der Waals surface area contributed by atoms with Crippen LogP contribution in [0.4, 0.5) is 0 Å². The van der Waals surface area contributed by atoms with Crippen molar-refractivity contribution < 1.29 is 9.59 Å². The molecule has 1 N–H and O–H groups in total. The standard InChI is InChI=1S/C15H24N2O2/c1-3-13-14(18)16-9(2)15(19)17(13)8-12(10-4-5-10)11-6-7-11/h9-13H,3-8H2,1-2H3,(H,16,18). The topological polar surface area (TPSA) is 49.4 Å². The Morgan fingerprint density at radius 3 is 2.26 bits per heavy atom. The fourth-order valence-electron chi connectivity index (χ4n) is 3.50. The first-order valence-electron chi connectivity index (χ1n) is 7.72. The maximum Gasteiger partial charge on any atom is 0.245 e. The van der Waals surface area contributed by atoms with Crippen molar-refractivity contribution in [2.45, 2.75) is 58.0 Å². The van der Waals surface area contributed by atoms with Crippen LogP contribution in [-0.2, 0) is 9.59 Å². The zero-order chi connectivity index (χ0) is 13.6. The van der Waals surface area contributed by atoms with Crippen LogP contribution in [0.15, 0.2) is 0 Å². The molecule has 106 valence electrons. The zero-order valence-corrected chi connectivity index (χ0v) is 11.9. The Labute approximate surface area is 114 Å². The molecule has 4 heteroatoms. The van der Waals surface area contributed by atoms with E-state index >= 15 is 0 Å². The predicted octanol–water partition coefficient (Wildman–Crippen LogP) is 1.55. The first-order valence-corrected chi connectivity index (χ1v) is 7.72. The third-order valence-corrected chi connectivity index (χ3v) is 4.94. The monoisotopic (exact) mass is 264 g/mol. The molecule has 0 spiro atoms. The largest absolute Gasteiger partial charge is 0.343 e. The van der Waals surface area contributed by atoms with E-state index in [-0.39, 0.29) is 23.9 Å². The molecule has 0 radical (unpaired) electrons. The van der Waals surface area contributed by atoms with Gasteiger partial charge in [-0.25, -0.2) is 0 Å². The highest BCUT2D eigenvalue weighted by Crippen LogP contribution is 2.49. The van der Waals surface area contributed by atoms with Crippen LogP contribution in [0.25, 0.3) is 0 Å². The summed E-state index contributed by atoms with van der Waals surface area (Å²) in [5.41, 5.74) is 0. The second kappa shape index (κ2) is 4.80. The molecule has 2 saturated carbocycles. The maximum atomic E-state index is 12.4. The first-order chi connectivity index (χ1) is 9.11. The highest BCUT2D eigenvalue weighted by Gasteiger charge is 2.45. The molecule has 1 saturated heterocycles. The third kappa shape index (κ3) is 2.49. The van der Waals surface area contributed by atoms with Crippen molar-refractivity contribution in [1.82, 2.24) is 10.2 Å². The van der Waals surface area contributed by atoms with Gasteiger partial charge in [0, 0.05) is 6.54 Å². The highest BCUT2D eigenvalue weighted by atomic mass is 16.2. The van der Waals surface area contributed by atoms with Crippen LogP contribution in [-0.4, -0.2) is 35.3 Å². The van der Waals surface area contributed by atoms with Gasteiger partial charge in [-0.05, 0) is 56.8 Å². The summed E-state index contributed by atoms with van der Waals surface area (Å²) in [6.07, 6.45) is 6.00. The summed E-state index contributed by atoms with van der Waals surface area (Å²) < 4.78 is 0. The van der Waals surface area contributed by atoms with Gasteiger partial charge in [-0.15, -0.1) is 0 Å². The molecule has 2 aliphatic carbocycles. The fraction of sp³-hybridized carbons (Fsp3) is 0.867. The number of piperazine rings is 1. The lowest BCUT2D eigenvalue weighted by atomic mass is 9.94. The lowest BCUT2D eigenvalue weighted by Crippen LogP contribution is -2.63. The normalized spacial score (nSPS) is 31.8. The number of carbonyl (C=O) groups is 2. The van der Waals surface area contributed by atoms with Gasteiger partial charge < -0.3 is 10.2 Å². The molecule has 2 amide bonds. The van der Waals surface area contributed by atoms with Gasteiger partial charge in [-0.2, -0.15) is 0 Å². The van der Waals surface area contributed by atoms with E-state index in [0.717, 1.165) is 18.4 Å². The third-order valence-electron chi connectivity index (χ3n) is 4.94. The average molecular weight is 264 g/mol. The Balaban J connectivity index is 1.74. The number of nitrogens with zero attached hydrogens (tertiary/aromatic N) is 1. The SMILES string of the molecule is CCC1C(=O)NC(C)C(=O)N1CC(C1CC1)C1CC1. The van der Waals surface area contributed by atoms with E-state index in [9.17, 15) is 9.59 Å². The molecular weight excluding hydrogens is 240 g/mol. The lowest BCUT2D eigenvalue weighted by molar-refractivity contribution is -0.149. The van der Waals surface area contributed by atoms with E-state index in [1.807, 2.05) is 11.8 Å². The van der Waals surface area contributed by atoms with Crippen molar-refractivity contribution in [3.63, 3.8) is 0 Å². The summed E-state index contributed by atoms with van der Waals surface area (Å²) in [6.45, 7) is 4.59. The Bertz CT molecular complexity index is 376. The van der Waals surface area contributed by atoms with Crippen molar-refractivity contribution in [3.8, 4) is 0 Å². The van der Waals surface area contributed by atoms with Crippen molar-refractivity contribution in [2.24, 2.45) is 17.8 Å². The number of amides is 2. The van der Waals surface area contributed by atoms with Crippen LogP contribution >= 0.6 is 0 Å². The van der Waals surface area contributed by atoms with E-state index in [4.69, 9.17) is 0 Å². The summed E-state index contributed by atoms with van der Waals surface area (Å²) in [5, 5.41) is 2.79. The molecule has 3 rings (SSSR count). The second-order valence-corrected chi connectivity index (χ2v) is 6.48. The smallest absolute Gasteiger partial charge is 0.245 e. The van der Waals surface area contributed by atoms with E-state index in [2.05, 4.69) is 5.32 Å². The van der Waals surface area contributed by atoms with Crippen LogP contribution in [0.1, 0.15) is 46.0 Å². The number of rotatable bonds is 5. The summed E-state index contributed by atoms with van der Waals surface area (Å²) in [7, 11) is 0. The van der Waals surface area contributed by atoms with Gasteiger partial charge in [0.15, 0.2) is 0 Å². The Kier molecular flexibility index (Phi) is 3.27. The van der Waals surface area contributed by atoms with E-state index in [1.165, 1.54) is 25.7 Å². The van der Waals surface area contributed by atoms with Crippen LogP contribution in [0, 0.1) is 17.8 Å². The number of hydrogen-bond donors (Lipinski definition) is 1. The van der Waals surface area contributed by atoms with Crippen LogP contribution in [0.5, 0.6) is 0 Å². The molecule has 4 nitrogen and oxygen atoms in total. The maximum absolute atomic E-state index is 12.4. The summed E-state index contributed by atoms with van der Waals surface area (Å²) in [4.78, 5) is 26.3. The molecule has 2 unspecified atom stereocenters. The molecule has 3 fully saturated rings. The minimum atomic E-state index is -0.352. The van der Waals surface area contributed by atoms with E-state index in [0.29, 0.717) is 12.3 Å². The predicted molar refractivity (Wildman–Crippen MR) is 72.3 cm³/mol. The summed E-state index contributed by atoms with van der Waals surface area (Å²) in [6, 6.07) is -0.599. The second-order valence-electron chi connectivity index (χ2n) is 6.48. The van der Waals surface area contributed by atoms with Gasteiger partial charge in [0.2, 0.25) is 11.8 Å². The number of nitrogens with one attached hydrogen (secondary N) is 1. The van der Waals surface area contributed by atoms with Gasteiger partial charge in [-0.1, -0.05) is 6.92 Å². The molecule has 3 aliphatic rings. The van der Waals surface area contributed by atoms with Crippen molar-refractivity contribution in [3.05, 3.63) is 0 Å². The van der Waals surface area contributed by atoms with Crippen LogP contribution in [0.2, 0.25) is 0 Å². The molecule has 0 aromatic heterocycles. The molecule has 0 bridgehead atoms. The van der Waals surface area contributed by atoms with Gasteiger partial charge in [0.05, 0.1) is 0 Å². The van der Waals surface area contributed by atoms with Crippen molar-refractivity contribution in [2.75, 3.05) is 6.54 Å². The minimum absolute atomic E-state index is 0.0277. The Morgan fingerprint density at radius 2 is 1.79 bits per heavy atom. The lowest BCUT2D eigenvalue weighted by Gasteiger charge is -2.39. The summed E-state index contributed by atoms with van der Waals surface area (Å²) in [5.74, 6) is 2.42. The summed E-state index contributed by atoms with van der Waals surface area (Å²) >= 11 is 0. The molecule has 1 heterocycles. The van der Waals surface area contributed by atoms with Crippen LogP contribution in [0.3, 0.4) is 0 Å². The first kappa shape index (κ1) is 12.9. The van der Waals surface area contributed by atoms with E-state index < -0.39 is 0 Å². The van der Waals surface area contributed by atoms with Gasteiger partial charge >= 0.3 is 0 Å². The van der Waals surface area contributed by atoms with Crippen molar-refractivity contribution >= 4 is 11.8 Å². The van der Waals surface area contributed by atoms with Crippen molar-refractivity contribution in [1.29, 1.82) is 0 Å². The molecule has 19 heavy (non-hydrogen) atoms. The fourth-order valence-corrected chi connectivity index (χ4v) is 3.50. The zero-order valence-electron chi connectivity index (χ0n) is 11.9. The quantitative estimate of drug-likeness (QED) is 0.819. The van der Waals surface area contributed by atoms with Crippen LogP contribution < -0.4 is 5.32 Å².